The van der Waals surface area contributed by atoms with Gasteiger partial charge in [0.15, 0.2) is 11.6 Å². The SMILES string of the molecule is O=C1C=C(Br)C(=O)C2=C1C(C1=COc3ccc(O)cc3C1)C1=CCn3c(=O)n(-c4ccccc4)c(=O)n3C1C2. The van der Waals surface area contributed by atoms with E-state index >= 15 is 0 Å². The Morgan fingerprint density at radius 1 is 1.00 bits per heavy atom. The van der Waals surface area contributed by atoms with Crippen molar-refractivity contribution < 1.29 is 19.4 Å². The lowest BCUT2D eigenvalue weighted by atomic mass is 9.68. The maximum Gasteiger partial charge on any atom is 0.352 e. The minimum absolute atomic E-state index is 0.0884. The summed E-state index contributed by atoms with van der Waals surface area (Å²) >= 11 is 3.23. The van der Waals surface area contributed by atoms with Crippen LogP contribution in [0.5, 0.6) is 11.5 Å². The van der Waals surface area contributed by atoms with Crippen LogP contribution in [0, 0.1) is 5.92 Å². The second kappa shape index (κ2) is 8.54. The molecule has 0 fully saturated rings. The molecule has 1 N–H and O–H groups in total. The molecule has 4 aliphatic rings. The van der Waals surface area contributed by atoms with E-state index in [2.05, 4.69) is 15.9 Å². The fourth-order valence-electron chi connectivity index (χ4n) is 6.09. The van der Waals surface area contributed by atoms with Gasteiger partial charge in [-0.2, -0.15) is 0 Å². The number of allylic oxidation sites excluding steroid dienone is 7. The van der Waals surface area contributed by atoms with Crippen LogP contribution in [0.25, 0.3) is 5.69 Å². The predicted molar refractivity (Wildman–Crippen MR) is 144 cm³/mol. The number of phenols is 1. The summed E-state index contributed by atoms with van der Waals surface area (Å²) in [4.78, 5) is 53.9. The molecule has 0 bridgehead atoms. The van der Waals surface area contributed by atoms with E-state index in [4.69, 9.17) is 4.74 Å². The van der Waals surface area contributed by atoms with E-state index in [0.717, 1.165) is 21.3 Å². The molecule has 0 amide bonds. The number of carbonyl (C=O) groups is 2. The number of para-hydroxylation sites is 1. The molecule has 3 heterocycles. The zero-order valence-corrected chi connectivity index (χ0v) is 21.9. The van der Waals surface area contributed by atoms with E-state index in [1.807, 2.05) is 6.08 Å². The minimum Gasteiger partial charge on any atom is -0.508 e. The zero-order valence-electron chi connectivity index (χ0n) is 20.3. The van der Waals surface area contributed by atoms with Gasteiger partial charge in [-0.05, 0) is 57.4 Å². The molecule has 2 aliphatic heterocycles. The van der Waals surface area contributed by atoms with Gasteiger partial charge in [0.25, 0.3) is 0 Å². The highest BCUT2D eigenvalue weighted by atomic mass is 79.9. The number of phenolic OH excluding ortho intramolecular Hbond substituents is 1. The third kappa shape index (κ3) is 3.44. The van der Waals surface area contributed by atoms with E-state index < -0.39 is 23.3 Å². The Labute approximate surface area is 229 Å². The Kier molecular flexibility index (Phi) is 5.18. The molecule has 0 saturated carbocycles. The molecule has 10 heteroatoms. The maximum atomic E-state index is 13.8. The molecule has 0 saturated heterocycles. The third-order valence-corrected chi connectivity index (χ3v) is 8.35. The van der Waals surface area contributed by atoms with Gasteiger partial charge in [0.1, 0.15) is 11.5 Å². The second-order valence-electron chi connectivity index (χ2n) is 9.88. The summed E-state index contributed by atoms with van der Waals surface area (Å²) in [5.74, 6) is -0.571. The van der Waals surface area contributed by atoms with E-state index in [1.165, 1.54) is 21.5 Å². The Balaban J connectivity index is 1.41. The minimum atomic E-state index is -0.658. The van der Waals surface area contributed by atoms with Crippen molar-refractivity contribution in [2.45, 2.75) is 25.4 Å². The van der Waals surface area contributed by atoms with Crippen molar-refractivity contribution in [3.8, 4) is 17.2 Å². The van der Waals surface area contributed by atoms with Crippen LogP contribution in [0.15, 0.2) is 103 Å². The molecule has 0 radical (unpaired) electrons. The molecule has 3 aromatic rings. The molecular weight excluding hydrogens is 566 g/mol. The van der Waals surface area contributed by atoms with Crippen LogP contribution in [0.3, 0.4) is 0 Å². The van der Waals surface area contributed by atoms with Crippen LogP contribution in [0.4, 0.5) is 0 Å². The van der Waals surface area contributed by atoms with Crippen molar-refractivity contribution in [3.05, 3.63) is 120 Å². The number of carbonyl (C=O) groups excluding carboxylic acids is 2. The number of ketones is 2. The number of aromatic nitrogens is 3. The van der Waals surface area contributed by atoms with Crippen molar-refractivity contribution in [1.29, 1.82) is 0 Å². The Bertz CT molecular complexity index is 1870. The monoisotopic (exact) mass is 585 g/mol. The molecule has 7 rings (SSSR count). The number of aromatic hydroxyl groups is 1. The number of benzene rings is 2. The highest BCUT2D eigenvalue weighted by Crippen LogP contribution is 2.49. The summed E-state index contributed by atoms with van der Waals surface area (Å²) in [6.45, 7) is 0.131. The lowest BCUT2D eigenvalue weighted by Crippen LogP contribution is -2.42. The predicted octanol–water partition coefficient (Wildman–Crippen LogP) is 3.25. The zero-order chi connectivity index (χ0) is 27.0. The van der Waals surface area contributed by atoms with Crippen molar-refractivity contribution in [3.63, 3.8) is 0 Å². The van der Waals surface area contributed by atoms with Crippen molar-refractivity contribution in [1.82, 2.24) is 13.9 Å². The van der Waals surface area contributed by atoms with Gasteiger partial charge >= 0.3 is 11.4 Å². The number of nitrogens with zero attached hydrogens (tertiary/aromatic N) is 3. The summed E-state index contributed by atoms with van der Waals surface area (Å²) in [5.41, 5.74) is 2.34. The Morgan fingerprint density at radius 2 is 1.79 bits per heavy atom. The second-order valence-corrected chi connectivity index (χ2v) is 10.7. The van der Waals surface area contributed by atoms with E-state index in [1.54, 1.807) is 48.7 Å². The fourth-order valence-corrected chi connectivity index (χ4v) is 6.53. The summed E-state index contributed by atoms with van der Waals surface area (Å²) in [5, 5.41) is 10.0. The van der Waals surface area contributed by atoms with Crippen molar-refractivity contribution in [2.75, 3.05) is 0 Å². The van der Waals surface area contributed by atoms with Crippen molar-refractivity contribution in [2.24, 2.45) is 5.92 Å². The van der Waals surface area contributed by atoms with Crippen LogP contribution < -0.4 is 16.1 Å². The summed E-state index contributed by atoms with van der Waals surface area (Å²) in [6, 6.07) is 12.8. The van der Waals surface area contributed by atoms with Crippen LogP contribution in [0.1, 0.15) is 18.0 Å². The van der Waals surface area contributed by atoms with Crippen LogP contribution in [0.2, 0.25) is 0 Å². The number of Topliss-reactive ketones (excluding diaryl/α,β-unsaturated/α-hetero) is 1. The van der Waals surface area contributed by atoms with E-state index in [9.17, 15) is 24.3 Å². The summed E-state index contributed by atoms with van der Waals surface area (Å²) in [6.07, 6.45) is 5.21. The third-order valence-electron chi connectivity index (χ3n) is 7.76. The molecule has 2 unspecified atom stereocenters. The van der Waals surface area contributed by atoms with Gasteiger partial charge in [0.2, 0.25) is 0 Å². The highest BCUT2D eigenvalue weighted by molar-refractivity contribution is 9.12. The van der Waals surface area contributed by atoms with Crippen molar-refractivity contribution >= 4 is 27.5 Å². The first-order valence-electron chi connectivity index (χ1n) is 12.4. The molecule has 194 valence electrons. The molecule has 2 atom stereocenters. The number of halogens is 1. The molecule has 39 heavy (non-hydrogen) atoms. The largest absolute Gasteiger partial charge is 0.508 e. The van der Waals surface area contributed by atoms with Crippen LogP contribution >= 0.6 is 15.9 Å². The van der Waals surface area contributed by atoms with Gasteiger partial charge in [-0.25, -0.2) is 23.5 Å². The Hall–Kier alpha value is -4.44. The maximum absolute atomic E-state index is 13.8. The average Bonchev–Trinajstić information content (AvgIpc) is 3.20. The average molecular weight is 586 g/mol. The van der Waals surface area contributed by atoms with Gasteiger partial charge in [-0.15, -0.1) is 0 Å². The first kappa shape index (κ1) is 23.7. The fraction of sp³-hybridized carbons (Fsp3) is 0.172. The van der Waals surface area contributed by atoms with E-state index in [-0.39, 0.29) is 34.8 Å². The standard InChI is InChI=1S/C29H20BrN3O6/c30-21-13-23(35)26-20(27(21)36)12-22-19(25(26)16-10-15-11-18(34)6-7-24(15)39-14-16)8-9-31-28(37)32(29(38)33(22)31)17-4-2-1-3-5-17/h1-8,11,13-14,22,25,34H,9-10,12H2. The number of hydrogen-bond donors (Lipinski definition) is 1. The number of hydrogen-bond acceptors (Lipinski definition) is 6. The molecule has 0 spiro atoms. The highest BCUT2D eigenvalue weighted by Gasteiger charge is 2.46. The quantitative estimate of drug-likeness (QED) is 0.365. The van der Waals surface area contributed by atoms with E-state index in [0.29, 0.717) is 29.0 Å². The molecule has 2 aliphatic carbocycles. The van der Waals surface area contributed by atoms with Gasteiger partial charge < -0.3 is 9.84 Å². The summed E-state index contributed by atoms with van der Waals surface area (Å²) < 4.78 is 9.96. The van der Waals surface area contributed by atoms with Gasteiger partial charge in [0, 0.05) is 41.5 Å². The molecular formula is C29H20BrN3O6. The topological polar surface area (TPSA) is 113 Å². The lowest BCUT2D eigenvalue weighted by Gasteiger charge is -2.40. The van der Waals surface area contributed by atoms with Gasteiger partial charge in [-0.1, -0.05) is 24.3 Å². The van der Waals surface area contributed by atoms with Crippen LogP contribution in [-0.4, -0.2) is 30.6 Å². The molecule has 2 aromatic carbocycles. The Morgan fingerprint density at radius 3 is 2.59 bits per heavy atom. The smallest absolute Gasteiger partial charge is 0.352 e. The van der Waals surface area contributed by atoms with Gasteiger partial charge in [0.05, 0.1) is 29.0 Å². The number of fused-ring (bicyclic) bond motifs is 4. The molecule has 1 aromatic heterocycles. The first-order chi connectivity index (χ1) is 18.8. The summed E-state index contributed by atoms with van der Waals surface area (Å²) in [7, 11) is 0. The van der Waals surface area contributed by atoms with Crippen LogP contribution in [-0.2, 0) is 22.6 Å². The van der Waals surface area contributed by atoms with Gasteiger partial charge in [-0.3, -0.25) is 9.59 Å². The first-order valence-corrected chi connectivity index (χ1v) is 13.2. The number of rotatable bonds is 2. The lowest BCUT2D eigenvalue weighted by molar-refractivity contribution is -0.116. The number of ether oxygens (including phenoxy) is 1. The molecule has 9 nitrogen and oxygen atoms in total. The normalized spacial score (nSPS) is 21.6.